The van der Waals surface area contributed by atoms with Crippen molar-refractivity contribution in [3.8, 4) is 11.8 Å². The molecule has 1 N–H and O–H groups in total. The molecule has 1 aromatic heterocycles. The normalized spacial score (nSPS) is 12.3. The van der Waals surface area contributed by atoms with Gasteiger partial charge in [-0.05, 0) is 31.4 Å². The van der Waals surface area contributed by atoms with Crippen LogP contribution in [0.15, 0.2) is 12.1 Å². The fourth-order valence-corrected chi connectivity index (χ4v) is 2.49. The Balaban J connectivity index is 2.38. The summed E-state index contributed by atoms with van der Waals surface area (Å²) in [6.07, 6.45) is 1.93. The molecule has 0 saturated carbocycles. The molecule has 0 aliphatic carbocycles. The van der Waals surface area contributed by atoms with Crippen molar-refractivity contribution in [3.05, 3.63) is 21.9 Å². The summed E-state index contributed by atoms with van der Waals surface area (Å²) in [6.45, 7) is 7.33. The van der Waals surface area contributed by atoms with E-state index in [9.17, 15) is 0 Å². The van der Waals surface area contributed by atoms with Gasteiger partial charge in [0.2, 0.25) is 0 Å². The molecule has 1 aromatic rings. The predicted octanol–water partition coefficient (Wildman–Crippen LogP) is 3.43. The summed E-state index contributed by atoms with van der Waals surface area (Å²) >= 11 is 1.66. The Hall–Kier alpha value is -0.820. The topological polar surface area (TPSA) is 29.5 Å². The van der Waals surface area contributed by atoms with Crippen LogP contribution in [0.2, 0.25) is 0 Å². The van der Waals surface area contributed by atoms with E-state index in [-0.39, 0.29) is 6.61 Å². The Kier molecular flexibility index (Phi) is 7.04. The first-order valence-electron chi connectivity index (χ1n) is 6.42. The highest BCUT2D eigenvalue weighted by molar-refractivity contribution is 7.12. The maximum absolute atomic E-state index is 8.65. The third-order valence-corrected chi connectivity index (χ3v) is 3.40. The van der Waals surface area contributed by atoms with E-state index in [0.29, 0.717) is 25.0 Å². The number of rotatable bonds is 6. The third-order valence-electron chi connectivity index (χ3n) is 2.42. The van der Waals surface area contributed by atoms with Crippen molar-refractivity contribution in [1.29, 1.82) is 0 Å². The van der Waals surface area contributed by atoms with Crippen LogP contribution in [0.1, 0.15) is 43.4 Å². The zero-order valence-corrected chi connectivity index (χ0v) is 12.2. The van der Waals surface area contributed by atoms with Gasteiger partial charge in [-0.3, -0.25) is 0 Å². The molecular weight excluding hydrogens is 244 g/mol. The van der Waals surface area contributed by atoms with Gasteiger partial charge in [-0.1, -0.05) is 25.7 Å². The van der Waals surface area contributed by atoms with E-state index in [0.717, 1.165) is 11.3 Å². The maximum Gasteiger partial charge on any atom is 0.0813 e. The van der Waals surface area contributed by atoms with Crippen LogP contribution in [-0.2, 0) is 11.3 Å². The van der Waals surface area contributed by atoms with Crippen LogP contribution in [0.3, 0.4) is 0 Å². The van der Waals surface area contributed by atoms with Crippen LogP contribution in [0.4, 0.5) is 0 Å². The van der Waals surface area contributed by atoms with Crippen LogP contribution in [0.5, 0.6) is 0 Å². The molecule has 18 heavy (non-hydrogen) atoms. The maximum atomic E-state index is 8.65. The van der Waals surface area contributed by atoms with Crippen molar-refractivity contribution in [3.63, 3.8) is 0 Å². The summed E-state index contributed by atoms with van der Waals surface area (Å²) < 4.78 is 5.80. The SMILES string of the molecule is CC(C)CC(C)OCc1ccc(C#CCCO)s1. The molecule has 0 aliphatic heterocycles. The standard InChI is InChI=1S/C15H22O2S/c1-12(2)10-13(3)17-11-15-8-7-14(18-15)6-4-5-9-16/h7-8,12-13,16H,5,9-11H2,1-3H3. The number of ether oxygens (including phenoxy) is 1. The summed E-state index contributed by atoms with van der Waals surface area (Å²) in [5.74, 6) is 6.63. The molecule has 0 radical (unpaired) electrons. The molecule has 2 nitrogen and oxygen atoms in total. The molecular formula is C15H22O2S. The molecule has 1 heterocycles. The van der Waals surface area contributed by atoms with Crippen LogP contribution < -0.4 is 0 Å². The van der Waals surface area contributed by atoms with Crippen molar-refractivity contribution < 1.29 is 9.84 Å². The second kappa shape index (κ2) is 8.31. The van der Waals surface area contributed by atoms with Gasteiger partial charge in [0.05, 0.1) is 24.2 Å². The molecule has 0 aliphatic rings. The van der Waals surface area contributed by atoms with E-state index in [1.54, 1.807) is 11.3 Å². The van der Waals surface area contributed by atoms with Gasteiger partial charge in [0.15, 0.2) is 0 Å². The van der Waals surface area contributed by atoms with E-state index in [2.05, 4.69) is 38.7 Å². The Bertz CT molecular complexity index is 398. The Morgan fingerprint density at radius 1 is 1.33 bits per heavy atom. The van der Waals surface area contributed by atoms with Gasteiger partial charge in [-0.15, -0.1) is 11.3 Å². The molecule has 0 spiro atoms. The van der Waals surface area contributed by atoms with E-state index in [4.69, 9.17) is 9.84 Å². The van der Waals surface area contributed by atoms with Crippen LogP contribution in [-0.4, -0.2) is 17.8 Å². The van der Waals surface area contributed by atoms with Gasteiger partial charge in [-0.25, -0.2) is 0 Å². The highest BCUT2D eigenvalue weighted by Gasteiger charge is 2.06. The number of hydrogen-bond donors (Lipinski definition) is 1. The Morgan fingerprint density at radius 3 is 2.78 bits per heavy atom. The molecule has 100 valence electrons. The van der Waals surface area contributed by atoms with Gasteiger partial charge in [0, 0.05) is 11.3 Å². The average molecular weight is 266 g/mol. The third kappa shape index (κ3) is 6.20. The van der Waals surface area contributed by atoms with E-state index < -0.39 is 0 Å². The van der Waals surface area contributed by atoms with Gasteiger partial charge in [0.1, 0.15) is 0 Å². The van der Waals surface area contributed by atoms with Crippen LogP contribution >= 0.6 is 11.3 Å². The summed E-state index contributed by atoms with van der Waals surface area (Å²) in [5, 5.41) is 8.65. The molecule has 0 fully saturated rings. The minimum absolute atomic E-state index is 0.126. The first-order chi connectivity index (χ1) is 8.61. The molecule has 3 heteroatoms. The second-order valence-corrected chi connectivity index (χ2v) is 5.96. The van der Waals surface area contributed by atoms with Gasteiger partial charge >= 0.3 is 0 Å². The quantitative estimate of drug-likeness (QED) is 0.799. The Morgan fingerprint density at radius 2 is 2.11 bits per heavy atom. The van der Waals surface area contributed by atoms with Crippen LogP contribution in [0.25, 0.3) is 0 Å². The first-order valence-corrected chi connectivity index (χ1v) is 7.23. The fraction of sp³-hybridized carbons (Fsp3) is 0.600. The predicted molar refractivity (Wildman–Crippen MR) is 76.6 cm³/mol. The van der Waals surface area contributed by atoms with Gasteiger partial charge < -0.3 is 9.84 Å². The van der Waals surface area contributed by atoms with E-state index in [1.807, 2.05) is 6.07 Å². The van der Waals surface area contributed by atoms with Crippen LogP contribution in [0, 0.1) is 17.8 Å². The lowest BCUT2D eigenvalue weighted by Gasteiger charge is -2.14. The van der Waals surface area contributed by atoms with Crippen molar-refractivity contribution in [2.75, 3.05) is 6.61 Å². The van der Waals surface area contributed by atoms with Crippen molar-refractivity contribution in [2.45, 2.75) is 46.3 Å². The largest absolute Gasteiger partial charge is 0.395 e. The molecule has 1 unspecified atom stereocenters. The van der Waals surface area contributed by atoms with Gasteiger partial charge in [-0.2, -0.15) is 0 Å². The molecule has 1 atom stereocenters. The van der Waals surface area contributed by atoms with Gasteiger partial charge in [0.25, 0.3) is 0 Å². The van der Waals surface area contributed by atoms with Crippen molar-refractivity contribution in [2.24, 2.45) is 5.92 Å². The number of aliphatic hydroxyl groups excluding tert-OH is 1. The minimum Gasteiger partial charge on any atom is -0.395 e. The fourth-order valence-electron chi connectivity index (χ4n) is 1.68. The molecule has 0 bridgehead atoms. The van der Waals surface area contributed by atoms with Crippen molar-refractivity contribution >= 4 is 11.3 Å². The molecule has 0 saturated heterocycles. The van der Waals surface area contributed by atoms with E-state index in [1.165, 1.54) is 4.88 Å². The second-order valence-electron chi connectivity index (χ2n) is 4.79. The number of aliphatic hydroxyl groups is 1. The zero-order chi connectivity index (χ0) is 13.4. The average Bonchev–Trinajstić information content (AvgIpc) is 2.74. The number of hydrogen-bond acceptors (Lipinski definition) is 3. The monoisotopic (exact) mass is 266 g/mol. The summed E-state index contributed by atoms with van der Waals surface area (Å²) in [4.78, 5) is 2.25. The molecule has 1 rings (SSSR count). The summed E-state index contributed by atoms with van der Waals surface area (Å²) in [5.41, 5.74) is 0. The minimum atomic E-state index is 0.126. The highest BCUT2D eigenvalue weighted by atomic mass is 32.1. The number of thiophene rings is 1. The zero-order valence-electron chi connectivity index (χ0n) is 11.4. The highest BCUT2D eigenvalue weighted by Crippen LogP contribution is 2.18. The Labute approximate surface area is 114 Å². The smallest absolute Gasteiger partial charge is 0.0813 e. The lowest BCUT2D eigenvalue weighted by Crippen LogP contribution is -2.10. The summed E-state index contributed by atoms with van der Waals surface area (Å²) in [7, 11) is 0. The lowest BCUT2D eigenvalue weighted by molar-refractivity contribution is 0.0412. The van der Waals surface area contributed by atoms with E-state index >= 15 is 0 Å². The first kappa shape index (κ1) is 15.2. The molecule has 0 amide bonds. The summed E-state index contributed by atoms with van der Waals surface area (Å²) in [6, 6.07) is 4.08. The van der Waals surface area contributed by atoms with Crippen molar-refractivity contribution in [1.82, 2.24) is 0 Å². The molecule has 0 aromatic carbocycles. The lowest BCUT2D eigenvalue weighted by atomic mass is 10.1.